The Bertz CT molecular complexity index is 175. The molecule has 0 aromatic carbocycles. The summed E-state index contributed by atoms with van der Waals surface area (Å²) in [6.07, 6.45) is 2.67. The first kappa shape index (κ1) is 4.05. The summed E-state index contributed by atoms with van der Waals surface area (Å²) in [6, 6.07) is 1.54. The summed E-state index contributed by atoms with van der Waals surface area (Å²) in [5.41, 5.74) is 0. The van der Waals surface area contributed by atoms with E-state index >= 15 is 0 Å². The largest absolute Gasteiger partial charge is 0.438 e. The zero-order valence-corrected chi connectivity index (χ0v) is 3.50. The van der Waals surface area contributed by atoms with Gasteiger partial charge in [-0.2, -0.15) is 4.98 Å². The molecular weight excluding hydrogens is 94.0 g/mol. The molecule has 0 aliphatic carbocycles. The quantitative estimate of drug-likeness (QED) is 0.459. The van der Waals surface area contributed by atoms with Gasteiger partial charge in [-0.05, 0) is 6.07 Å². The van der Waals surface area contributed by atoms with Crippen molar-refractivity contribution in [1.82, 2.24) is 4.98 Å². The van der Waals surface area contributed by atoms with Crippen LogP contribution in [0.5, 0.6) is 0 Å². The van der Waals surface area contributed by atoms with Crippen LogP contribution in [0.25, 0.3) is 0 Å². The summed E-state index contributed by atoms with van der Waals surface area (Å²) in [5.74, 6) is -0.553. The molecule has 0 amide bonds. The van der Waals surface area contributed by atoms with E-state index in [1.165, 1.54) is 12.5 Å². The van der Waals surface area contributed by atoms with Crippen molar-refractivity contribution < 1.29 is 4.42 Å². The predicted octanol–water partition coefficient (Wildman–Crippen LogP) is 0.0348. The number of rotatable bonds is 0. The monoisotopic (exact) mass is 97.0 g/mol. The van der Waals surface area contributed by atoms with Crippen molar-refractivity contribution in [3.05, 3.63) is 29.1 Å². The number of hydrogen-bond donors (Lipinski definition) is 0. The molecule has 1 aromatic heterocycles. The van der Waals surface area contributed by atoms with Crippen LogP contribution in [0, 0.1) is 0 Å². The molecule has 1 rings (SSSR count). The third-order valence-electron chi connectivity index (χ3n) is 0.513. The summed E-state index contributed by atoms with van der Waals surface area (Å²) in [4.78, 5) is 13.2. The Hall–Kier alpha value is -1.12. The van der Waals surface area contributed by atoms with Gasteiger partial charge in [0, 0.05) is 6.20 Å². The molecule has 0 saturated heterocycles. The maximum atomic E-state index is 9.99. The first-order valence-corrected chi connectivity index (χ1v) is 1.79. The minimum absolute atomic E-state index is 0.553. The van der Waals surface area contributed by atoms with Crippen LogP contribution in [0.15, 0.2) is 27.7 Å². The highest BCUT2D eigenvalue weighted by atomic mass is 16.4. The maximum absolute atomic E-state index is 9.99. The van der Waals surface area contributed by atoms with Crippen LogP contribution in [0.4, 0.5) is 0 Å². The Morgan fingerprint density at radius 1 is 1.71 bits per heavy atom. The molecule has 0 aliphatic heterocycles. The fourth-order valence-corrected chi connectivity index (χ4v) is 0.267. The van der Waals surface area contributed by atoms with Crippen LogP contribution in [0.1, 0.15) is 0 Å². The zero-order valence-electron chi connectivity index (χ0n) is 3.50. The topological polar surface area (TPSA) is 43.1 Å². The normalized spacial score (nSPS) is 8.57. The van der Waals surface area contributed by atoms with Crippen molar-refractivity contribution in [3.8, 4) is 0 Å². The highest BCUT2D eigenvalue weighted by Crippen LogP contribution is 1.67. The summed E-state index contributed by atoms with van der Waals surface area (Å²) in [5, 5.41) is 0. The molecule has 0 spiro atoms. The van der Waals surface area contributed by atoms with Gasteiger partial charge in [-0.25, -0.2) is 4.79 Å². The SMILES string of the molecule is O=c1nccco1. The average Bonchev–Trinajstić information content (AvgIpc) is 1.69. The van der Waals surface area contributed by atoms with Crippen LogP contribution >= 0.6 is 0 Å². The van der Waals surface area contributed by atoms with Crippen LogP contribution in [-0.2, 0) is 0 Å². The Morgan fingerprint density at radius 3 is 2.86 bits per heavy atom. The molecule has 1 heterocycles. The Morgan fingerprint density at radius 2 is 2.57 bits per heavy atom. The van der Waals surface area contributed by atoms with Crippen molar-refractivity contribution in [3.63, 3.8) is 0 Å². The first-order valence-electron chi connectivity index (χ1n) is 1.79. The van der Waals surface area contributed by atoms with E-state index in [0.717, 1.165) is 0 Å². The van der Waals surface area contributed by atoms with E-state index in [-0.39, 0.29) is 0 Å². The second kappa shape index (κ2) is 1.55. The fourth-order valence-electron chi connectivity index (χ4n) is 0.267. The Kier molecular flexibility index (Phi) is 0.898. The summed E-state index contributed by atoms with van der Waals surface area (Å²) in [6.45, 7) is 0. The van der Waals surface area contributed by atoms with Crippen molar-refractivity contribution in [2.45, 2.75) is 0 Å². The fraction of sp³-hybridized carbons (Fsp3) is 0. The Balaban J connectivity index is 3.28. The second-order valence-electron chi connectivity index (χ2n) is 0.990. The molecule has 0 atom stereocenters. The highest BCUT2D eigenvalue weighted by Gasteiger charge is 1.74. The predicted molar refractivity (Wildman–Crippen MR) is 22.8 cm³/mol. The van der Waals surface area contributed by atoms with Gasteiger partial charge in [0.25, 0.3) is 0 Å². The molecule has 0 aliphatic rings. The van der Waals surface area contributed by atoms with Crippen molar-refractivity contribution in [2.24, 2.45) is 0 Å². The minimum Gasteiger partial charge on any atom is -0.417 e. The molecule has 0 radical (unpaired) electrons. The molecule has 0 unspecified atom stereocenters. The van der Waals surface area contributed by atoms with Crippen molar-refractivity contribution in [1.29, 1.82) is 0 Å². The zero-order chi connectivity index (χ0) is 5.11. The standard InChI is InChI=1S/C4H3NO2/c6-4-5-2-1-3-7-4/h1-3H. The van der Waals surface area contributed by atoms with Crippen LogP contribution in [0.2, 0.25) is 0 Å². The molecule has 7 heavy (non-hydrogen) atoms. The molecular formula is C4H3NO2. The molecule has 3 nitrogen and oxygen atoms in total. The first-order chi connectivity index (χ1) is 3.39. The lowest BCUT2D eigenvalue weighted by atomic mass is 10.7. The molecule has 0 fully saturated rings. The van der Waals surface area contributed by atoms with E-state index in [1.54, 1.807) is 6.07 Å². The average molecular weight is 97.1 g/mol. The number of aromatic nitrogens is 1. The van der Waals surface area contributed by atoms with E-state index in [4.69, 9.17) is 0 Å². The molecule has 0 saturated carbocycles. The van der Waals surface area contributed by atoms with E-state index in [9.17, 15) is 4.79 Å². The minimum atomic E-state index is -0.553. The van der Waals surface area contributed by atoms with Gasteiger partial charge in [0.05, 0.1) is 6.26 Å². The van der Waals surface area contributed by atoms with Crippen molar-refractivity contribution >= 4 is 0 Å². The molecule has 3 heteroatoms. The number of hydrogen-bond acceptors (Lipinski definition) is 3. The van der Waals surface area contributed by atoms with Gasteiger partial charge in [-0.15, -0.1) is 0 Å². The van der Waals surface area contributed by atoms with Crippen LogP contribution < -0.4 is 5.76 Å². The van der Waals surface area contributed by atoms with E-state index in [1.807, 2.05) is 0 Å². The van der Waals surface area contributed by atoms with Gasteiger partial charge < -0.3 is 4.42 Å². The van der Waals surface area contributed by atoms with E-state index in [2.05, 4.69) is 9.40 Å². The van der Waals surface area contributed by atoms with Gasteiger partial charge in [0.1, 0.15) is 0 Å². The highest BCUT2D eigenvalue weighted by molar-refractivity contribution is 4.70. The lowest BCUT2D eigenvalue weighted by molar-refractivity contribution is 0.483. The lowest BCUT2D eigenvalue weighted by Gasteiger charge is -1.71. The van der Waals surface area contributed by atoms with Gasteiger partial charge in [0.2, 0.25) is 0 Å². The summed E-state index contributed by atoms with van der Waals surface area (Å²) < 4.78 is 4.26. The smallest absolute Gasteiger partial charge is 0.417 e. The summed E-state index contributed by atoms with van der Waals surface area (Å²) >= 11 is 0. The molecule has 36 valence electrons. The molecule has 1 aromatic rings. The van der Waals surface area contributed by atoms with E-state index < -0.39 is 5.76 Å². The molecule has 0 bridgehead atoms. The molecule has 0 N–H and O–H groups in total. The van der Waals surface area contributed by atoms with Gasteiger partial charge in [-0.3, -0.25) is 0 Å². The maximum Gasteiger partial charge on any atom is 0.438 e. The lowest BCUT2D eigenvalue weighted by Crippen LogP contribution is -1.98. The third kappa shape index (κ3) is 0.855. The van der Waals surface area contributed by atoms with Crippen molar-refractivity contribution in [2.75, 3.05) is 0 Å². The van der Waals surface area contributed by atoms with Gasteiger partial charge in [0.15, 0.2) is 0 Å². The van der Waals surface area contributed by atoms with Gasteiger partial charge in [-0.1, -0.05) is 0 Å². The Labute approximate surface area is 39.6 Å². The van der Waals surface area contributed by atoms with E-state index in [0.29, 0.717) is 0 Å². The summed E-state index contributed by atoms with van der Waals surface area (Å²) in [7, 11) is 0. The van der Waals surface area contributed by atoms with Crippen LogP contribution in [-0.4, -0.2) is 4.98 Å². The van der Waals surface area contributed by atoms with Gasteiger partial charge >= 0.3 is 5.76 Å². The van der Waals surface area contributed by atoms with Crippen LogP contribution in [0.3, 0.4) is 0 Å². The number of nitrogens with zero attached hydrogens (tertiary/aromatic N) is 1. The second-order valence-corrected chi connectivity index (χ2v) is 0.990. The third-order valence-corrected chi connectivity index (χ3v) is 0.513.